The lowest BCUT2D eigenvalue weighted by Crippen LogP contribution is -2.39. The number of piperidine rings is 1. The van der Waals surface area contributed by atoms with Crippen molar-refractivity contribution in [2.75, 3.05) is 13.1 Å². The summed E-state index contributed by atoms with van der Waals surface area (Å²) in [5, 5.41) is 23.5. The number of β-amino-alcohol motifs (C(OH)–C–C–N with tert-alkyl or cyclic N) is 1. The Morgan fingerprint density at radius 1 is 1.25 bits per heavy atom. The highest BCUT2D eigenvalue weighted by Gasteiger charge is 2.27. The van der Waals surface area contributed by atoms with E-state index in [9.17, 15) is 10.2 Å². The molecule has 3 N–H and O–H groups in total. The van der Waals surface area contributed by atoms with Crippen molar-refractivity contribution in [1.29, 1.82) is 0 Å². The molecule has 1 aromatic carbocycles. The third-order valence-electron chi connectivity index (χ3n) is 2.92. The fourth-order valence-corrected chi connectivity index (χ4v) is 2.38. The molecule has 0 amide bonds. The van der Waals surface area contributed by atoms with Crippen LogP contribution in [0.1, 0.15) is 17.9 Å². The van der Waals surface area contributed by atoms with Crippen LogP contribution in [0.25, 0.3) is 0 Å². The molecule has 2 atom stereocenters. The van der Waals surface area contributed by atoms with Gasteiger partial charge in [-0.3, -0.25) is 0 Å². The first-order chi connectivity index (χ1) is 7.59. The molecule has 1 fully saturated rings. The number of aliphatic hydroxyl groups excluding tert-OH is 1. The lowest BCUT2D eigenvalue weighted by Gasteiger charge is -2.29. The predicted molar refractivity (Wildman–Crippen MR) is 64.4 cm³/mol. The standard InChI is InChI=1S/C11H13Cl2NO2/c12-8-3-7(10(15)4-9(8)13)6-1-2-14-5-11(6)16/h3-4,6,11,14-16H,1-2,5H2/t6-,11+/m0/s1. The molecule has 0 bridgehead atoms. The van der Waals surface area contributed by atoms with E-state index in [1.807, 2.05) is 0 Å². The molecule has 16 heavy (non-hydrogen) atoms. The molecule has 0 spiro atoms. The molecular formula is C11H13Cl2NO2. The Labute approximate surface area is 104 Å². The van der Waals surface area contributed by atoms with Crippen LogP contribution in [0.4, 0.5) is 0 Å². The second-order valence-electron chi connectivity index (χ2n) is 3.99. The summed E-state index contributed by atoms with van der Waals surface area (Å²) < 4.78 is 0. The summed E-state index contributed by atoms with van der Waals surface area (Å²) in [5.74, 6) is 0.0105. The zero-order valence-corrected chi connectivity index (χ0v) is 10.1. The van der Waals surface area contributed by atoms with Crippen molar-refractivity contribution in [1.82, 2.24) is 5.32 Å². The molecule has 1 saturated heterocycles. The molecule has 0 saturated carbocycles. The molecule has 5 heteroatoms. The summed E-state index contributed by atoms with van der Waals surface area (Å²) in [6.45, 7) is 1.35. The third kappa shape index (κ3) is 2.28. The lowest BCUT2D eigenvalue weighted by atomic mass is 9.87. The Hall–Kier alpha value is -0.480. The first-order valence-corrected chi connectivity index (χ1v) is 5.92. The number of phenols is 1. The Bertz CT molecular complexity index is 398. The molecule has 2 rings (SSSR count). The number of nitrogens with one attached hydrogen (secondary N) is 1. The number of rotatable bonds is 1. The first kappa shape index (κ1) is 12.0. The highest BCUT2D eigenvalue weighted by molar-refractivity contribution is 6.42. The van der Waals surface area contributed by atoms with Gasteiger partial charge in [0.1, 0.15) is 5.75 Å². The van der Waals surface area contributed by atoms with Gasteiger partial charge < -0.3 is 15.5 Å². The van der Waals surface area contributed by atoms with Gasteiger partial charge in [-0.25, -0.2) is 0 Å². The summed E-state index contributed by atoms with van der Waals surface area (Å²) in [5.41, 5.74) is 0.670. The fraction of sp³-hybridized carbons (Fsp3) is 0.455. The molecule has 0 radical (unpaired) electrons. The molecule has 88 valence electrons. The predicted octanol–water partition coefficient (Wildman–Crippen LogP) is 2.14. The summed E-state index contributed by atoms with van der Waals surface area (Å²) in [6, 6.07) is 3.06. The number of halogens is 2. The van der Waals surface area contributed by atoms with Gasteiger partial charge in [0.2, 0.25) is 0 Å². The first-order valence-electron chi connectivity index (χ1n) is 5.16. The second-order valence-corrected chi connectivity index (χ2v) is 4.81. The van der Waals surface area contributed by atoms with Crippen LogP contribution in [0.3, 0.4) is 0 Å². The van der Waals surface area contributed by atoms with Gasteiger partial charge >= 0.3 is 0 Å². The van der Waals surface area contributed by atoms with Crippen LogP contribution in [-0.2, 0) is 0 Å². The van der Waals surface area contributed by atoms with E-state index in [-0.39, 0.29) is 11.7 Å². The maximum atomic E-state index is 9.86. The van der Waals surface area contributed by atoms with Gasteiger partial charge in [-0.1, -0.05) is 23.2 Å². The Morgan fingerprint density at radius 3 is 2.62 bits per heavy atom. The number of aliphatic hydroxyl groups is 1. The van der Waals surface area contributed by atoms with E-state index in [1.165, 1.54) is 6.07 Å². The van der Waals surface area contributed by atoms with E-state index in [1.54, 1.807) is 6.07 Å². The molecule has 0 unspecified atom stereocenters. The molecule has 1 aromatic rings. The molecule has 3 nitrogen and oxygen atoms in total. The van der Waals surface area contributed by atoms with Crippen LogP contribution in [0.15, 0.2) is 12.1 Å². The van der Waals surface area contributed by atoms with Gasteiger partial charge in [-0.05, 0) is 19.0 Å². The number of phenolic OH excluding ortho intramolecular Hbond substituents is 1. The van der Waals surface area contributed by atoms with Crippen molar-refractivity contribution < 1.29 is 10.2 Å². The lowest BCUT2D eigenvalue weighted by molar-refractivity contribution is 0.117. The van der Waals surface area contributed by atoms with Gasteiger partial charge in [0, 0.05) is 24.1 Å². The van der Waals surface area contributed by atoms with Crippen LogP contribution in [0, 0.1) is 0 Å². The molecular weight excluding hydrogens is 249 g/mol. The van der Waals surface area contributed by atoms with E-state index < -0.39 is 6.10 Å². The highest BCUT2D eigenvalue weighted by atomic mass is 35.5. The number of hydrogen-bond acceptors (Lipinski definition) is 3. The smallest absolute Gasteiger partial charge is 0.120 e. The Kier molecular flexibility index (Phi) is 3.60. The largest absolute Gasteiger partial charge is 0.508 e. The third-order valence-corrected chi connectivity index (χ3v) is 3.64. The van der Waals surface area contributed by atoms with Gasteiger partial charge in [0.05, 0.1) is 16.1 Å². The zero-order valence-electron chi connectivity index (χ0n) is 8.58. The van der Waals surface area contributed by atoms with Crippen LogP contribution in [0.5, 0.6) is 5.75 Å². The van der Waals surface area contributed by atoms with E-state index in [2.05, 4.69) is 5.32 Å². The fourth-order valence-electron chi connectivity index (χ4n) is 2.05. The minimum atomic E-state index is -0.503. The molecule has 1 aliphatic heterocycles. The maximum absolute atomic E-state index is 9.86. The molecule has 1 heterocycles. The van der Waals surface area contributed by atoms with E-state index >= 15 is 0 Å². The minimum absolute atomic E-state index is 0.0870. The average molecular weight is 262 g/mol. The summed E-state index contributed by atoms with van der Waals surface area (Å²) >= 11 is 11.7. The van der Waals surface area contributed by atoms with Crippen molar-refractivity contribution in [2.45, 2.75) is 18.4 Å². The van der Waals surface area contributed by atoms with Crippen molar-refractivity contribution in [2.24, 2.45) is 0 Å². The summed E-state index contributed by atoms with van der Waals surface area (Å²) in [7, 11) is 0. The topological polar surface area (TPSA) is 52.5 Å². The second kappa shape index (κ2) is 4.80. The highest BCUT2D eigenvalue weighted by Crippen LogP contribution is 2.37. The van der Waals surface area contributed by atoms with Gasteiger partial charge in [0.25, 0.3) is 0 Å². The van der Waals surface area contributed by atoms with Crippen LogP contribution in [-0.4, -0.2) is 29.4 Å². The Balaban J connectivity index is 2.35. The minimum Gasteiger partial charge on any atom is -0.508 e. The monoisotopic (exact) mass is 261 g/mol. The van der Waals surface area contributed by atoms with Crippen molar-refractivity contribution >= 4 is 23.2 Å². The van der Waals surface area contributed by atoms with E-state index in [0.717, 1.165) is 13.0 Å². The molecule has 1 aliphatic rings. The van der Waals surface area contributed by atoms with Crippen molar-refractivity contribution in [3.05, 3.63) is 27.7 Å². The van der Waals surface area contributed by atoms with Gasteiger partial charge in [0.15, 0.2) is 0 Å². The van der Waals surface area contributed by atoms with Crippen LogP contribution >= 0.6 is 23.2 Å². The van der Waals surface area contributed by atoms with Crippen LogP contribution in [0.2, 0.25) is 10.0 Å². The number of benzene rings is 1. The molecule has 0 aliphatic carbocycles. The summed E-state index contributed by atoms with van der Waals surface area (Å²) in [4.78, 5) is 0. The van der Waals surface area contributed by atoms with Crippen molar-refractivity contribution in [3.8, 4) is 5.75 Å². The Morgan fingerprint density at radius 2 is 1.94 bits per heavy atom. The van der Waals surface area contributed by atoms with Gasteiger partial charge in [-0.15, -0.1) is 0 Å². The maximum Gasteiger partial charge on any atom is 0.120 e. The normalized spacial score (nSPS) is 25.7. The zero-order chi connectivity index (χ0) is 11.7. The number of hydrogen-bond donors (Lipinski definition) is 3. The SMILES string of the molecule is Oc1cc(Cl)c(Cl)cc1[C@@H]1CCNC[C@H]1O. The van der Waals surface area contributed by atoms with Gasteiger partial charge in [-0.2, -0.15) is 0 Å². The summed E-state index contributed by atoms with van der Waals surface area (Å²) in [6.07, 6.45) is 0.268. The quantitative estimate of drug-likeness (QED) is 0.726. The van der Waals surface area contributed by atoms with E-state index in [0.29, 0.717) is 22.2 Å². The average Bonchev–Trinajstić information content (AvgIpc) is 2.25. The number of aromatic hydroxyl groups is 1. The van der Waals surface area contributed by atoms with Crippen LogP contribution < -0.4 is 5.32 Å². The van der Waals surface area contributed by atoms with Crippen molar-refractivity contribution in [3.63, 3.8) is 0 Å². The molecule has 0 aromatic heterocycles. The van der Waals surface area contributed by atoms with E-state index in [4.69, 9.17) is 23.2 Å².